The van der Waals surface area contributed by atoms with Crippen LogP contribution in [0, 0.1) is 0 Å². The zero-order valence-corrected chi connectivity index (χ0v) is 34.4. The molecule has 0 aromatic carbocycles. The van der Waals surface area contributed by atoms with Crippen molar-refractivity contribution in [3.05, 3.63) is 60.8 Å². The summed E-state index contributed by atoms with van der Waals surface area (Å²) in [6, 6.07) is -0.735. The fourth-order valence-electron chi connectivity index (χ4n) is 5.64. The number of hydrogen-bond acceptors (Lipinski definition) is 7. The molecule has 0 saturated heterocycles. The summed E-state index contributed by atoms with van der Waals surface area (Å²) in [4.78, 5) is 36.7. The number of allylic oxidation sites excluding steroid dienone is 10. The Labute approximate surface area is 324 Å². The fourth-order valence-corrected chi connectivity index (χ4v) is 5.64. The molecule has 2 atom stereocenters. The minimum Gasteiger partial charge on any atom is -0.544 e. The zero-order valence-electron chi connectivity index (χ0n) is 34.4. The molecule has 0 aliphatic heterocycles. The molecule has 0 aliphatic carbocycles. The molecule has 0 spiro atoms. The number of likely N-dealkylation sites (N-methyl/N-ethyl adjacent to an activating group) is 1. The first-order valence-corrected chi connectivity index (χ1v) is 20.9. The second-order valence-electron chi connectivity index (χ2n) is 15.0. The number of carboxylic acid groups (broad SMARTS) is 1. The van der Waals surface area contributed by atoms with Gasteiger partial charge in [0, 0.05) is 19.3 Å². The van der Waals surface area contributed by atoms with Crippen LogP contribution in [-0.2, 0) is 28.6 Å². The molecule has 0 radical (unpaired) electrons. The maximum Gasteiger partial charge on any atom is 0.306 e. The Kier molecular flexibility index (Phi) is 34.0. The molecule has 0 amide bonds. The highest BCUT2D eigenvalue weighted by molar-refractivity contribution is 5.70. The largest absolute Gasteiger partial charge is 0.544 e. The van der Waals surface area contributed by atoms with Gasteiger partial charge in [-0.25, -0.2) is 0 Å². The third kappa shape index (κ3) is 34.5. The van der Waals surface area contributed by atoms with E-state index in [1.165, 1.54) is 44.9 Å². The SMILES string of the molecule is CCCC/C=C/C=C/CCCCCC(=O)OCC(COCCC(C(=O)[O-])[N+](C)(C)C)OC(=O)CCCCCCC/C=C/C=C/C=C/CCCCCCC. The highest BCUT2D eigenvalue weighted by Crippen LogP contribution is 2.12. The van der Waals surface area contributed by atoms with Crippen LogP contribution >= 0.6 is 0 Å². The van der Waals surface area contributed by atoms with E-state index in [1.807, 2.05) is 0 Å². The Bertz CT molecular complexity index is 1050. The Hall–Kier alpha value is -2.97. The number of carbonyl (C=O) groups excluding carboxylic acids is 3. The smallest absolute Gasteiger partial charge is 0.306 e. The summed E-state index contributed by atoms with van der Waals surface area (Å²) >= 11 is 0. The van der Waals surface area contributed by atoms with E-state index in [0.29, 0.717) is 12.8 Å². The number of hydrogen-bond donors (Lipinski definition) is 0. The molecule has 8 nitrogen and oxygen atoms in total. The molecule has 0 aliphatic rings. The number of esters is 2. The summed E-state index contributed by atoms with van der Waals surface area (Å²) in [6.07, 6.45) is 42.4. The Balaban J connectivity index is 4.46. The average Bonchev–Trinajstić information content (AvgIpc) is 3.11. The van der Waals surface area contributed by atoms with Crippen LogP contribution in [-0.4, -0.2) is 75.5 Å². The van der Waals surface area contributed by atoms with E-state index in [-0.39, 0.29) is 42.7 Å². The average molecular weight is 744 g/mol. The summed E-state index contributed by atoms with van der Waals surface area (Å²) in [5.41, 5.74) is 0. The van der Waals surface area contributed by atoms with Crippen molar-refractivity contribution in [1.82, 2.24) is 0 Å². The third-order valence-electron chi connectivity index (χ3n) is 8.97. The second kappa shape index (κ2) is 36.0. The van der Waals surface area contributed by atoms with Crippen LogP contribution in [0.1, 0.15) is 155 Å². The molecule has 0 saturated carbocycles. The second-order valence-corrected chi connectivity index (χ2v) is 15.0. The van der Waals surface area contributed by atoms with E-state index < -0.39 is 18.1 Å². The van der Waals surface area contributed by atoms with Gasteiger partial charge >= 0.3 is 11.9 Å². The normalized spacial score (nSPS) is 13.6. The van der Waals surface area contributed by atoms with Crippen LogP contribution in [0.3, 0.4) is 0 Å². The lowest BCUT2D eigenvalue weighted by atomic mass is 10.1. The Morgan fingerprint density at radius 1 is 0.566 bits per heavy atom. The number of ether oxygens (including phenoxy) is 3. The van der Waals surface area contributed by atoms with Gasteiger partial charge in [0.25, 0.3) is 0 Å². The van der Waals surface area contributed by atoms with Gasteiger partial charge in [-0.1, -0.05) is 139 Å². The molecule has 304 valence electrons. The molecule has 0 fully saturated rings. The van der Waals surface area contributed by atoms with Gasteiger partial charge in [-0.05, 0) is 57.8 Å². The molecular formula is C45H77NO7. The van der Waals surface area contributed by atoms with Crippen molar-refractivity contribution >= 4 is 17.9 Å². The van der Waals surface area contributed by atoms with E-state index in [2.05, 4.69) is 74.6 Å². The van der Waals surface area contributed by atoms with Gasteiger partial charge in [0.15, 0.2) is 6.10 Å². The van der Waals surface area contributed by atoms with Crippen molar-refractivity contribution in [3.8, 4) is 0 Å². The summed E-state index contributed by atoms with van der Waals surface area (Å²) in [5, 5.41) is 11.6. The van der Waals surface area contributed by atoms with Gasteiger partial charge in [-0.2, -0.15) is 0 Å². The van der Waals surface area contributed by atoms with Gasteiger partial charge in [0.2, 0.25) is 0 Å². The van der Waals surface area contributed by atoms with E-state index in [4.69, 9.17) is 14.2 Å². The summed E-state index contributed by atoms with van der Waals surface area (Å²) in [6.45, 7) is 4.52. The molecule has 0 N–H and O–H groups in total. The lowest BCUT2D eigenvalue weighted by Crippen LogP contribution is -2.55. The van der Waals surface area contributed by atoms with Crippen LogP contribution in [0.25, 0.3) is 0 Å². The number of rotatable bonds is 36. The first-order chi connectivity index (χ1) is 25.6. The summed E-state index contributed by atoms with van der Waals surface area (Å²) in [7, 11) is 5.38. The predicted octanol–water partition coefficient (Wildman–Crippen LogP) is 9.69. The molecular weight excluding hydrogens is 666 g/mol. The highest BCUT2D eigenvalue weighted by atomic mass is 16.6. The lowest BCUT2D eigenvalue weighted by molar-refractivity contribution is -0.889. The predicted molar refractivity (Wildman–Crippen MR) is 217 cm³/mol. The molecule has 0 aromatic heterocycles. The number of aliphatic carboxylic acids is 1. The number of nitrogens with zero attached hydrogens (tertiary/aromatic N) is 1. The third-order valence-corrected chi connectivity index (χ3v) is 8.97. The minimum absolute atomic E-state index is 0.0211. The highest BCUT2D eigenvalue weighted by Gasteiger charge is 2.25. The van der Waals surface area contributed by atoms with Gasteiger partial charge in [-0.3, -0.25) is 9.59 Å². The van der Waals surface area contributed by atoms with Crippen LogP contribution in [0.4, 0.5) is 0 Å². The molecule has 0 rings (SSSR count). The first-order valence-electron chi connectivity index (χ1n) is 20.9. The maximum absolute atomic E-state index is 12.7. The molecule has 0 bridgehead atoms. The van der Waals surface area contributed by atoms with Crippen molar-refractivity contribution in [1.29, 1.82) is 0 Å². The molecule has 8 heteroatoms. The Morgan fingerprint density at radius 3 is 1.55 bits per heavy atom. The fraction of sp³-hybridized carbons (Fsp3) is 0.711. The van der Waals surface area contributed by atoms with E-state index in [1.54, 1.807) is 21.1 Å². The topological polar surface area (TPSA) is 102 Å². The van der Waals surface area contributed by atoms with Crippen LogP contribution in [0.5, 0.6) is 0 Å². The van der Waals surface area contributed by atoms with Gasteiger partial charge < -0.3 is 28.6 Å². The number of unbranched alkanes of at least 4 members (excludes halogenated alkanes) is 15. The van der Waals surface area contributed by atoms with Crippen LogP contribution < -0.4 is 5.11 Å². The van der Waals surface area contributed by atoms with E-state index in [9.17, 15) is 19.5 Å². The quantitative estimate of drug-likeness (QED) is 0.0273. The van der Waals surface area contributed by atoms with Gasteiger partial charge in [0.05, 0.1) is 40.3 Å². The van der Waals surface area contributed by atoms with Crippen LogP contribution in [0.2, 0.25) is 0 Å². The van der Waals surface area contributed by atoms with Crippen molar-refractivity contribution in [2.24, 2.45) is 0 Å². The Morgan fingerprint density at radius 2 is 1.02 bits per heavy atom. The van der Waals surface area contributed by atoms with Gasteiger partial charge in [-0.15, -0.1) is 0 Å². The maximum atomic E-state index is 12.7. The number of carboxylic acids is 1. The standard InChI is InChI=1S/C45H77NO7/c1-6-8-10-12-14-16-18-19-20-21-22-23-24-26-28-30-32-34-36-44(48)53-41(39-51-38-37-42(45(49)50)46(3,4)5)40-52-43(47)35-33-31-29-27-25-17-15-13-11-9-7-2/h13,15,17-23,25,41-42H,6-12,14,16,24,26-40H2,1-5H3/b15-13+,19-18+,21-20+,23-22+,25-17+. The molecule has 0 aromatic rings. The zero-order chi connectivity index (χ0) is 39.3. The summed E-state index contributed by atoms with van der Waals surface area (Å²) in [5.74, 6) is -1.81. The lowest BCUT2D eigenvalue weighted by Gasteiger charge is -2.34. The minimum atomic E-state index is -1.14. The van der Waals surface area contributed by atoms with Crippen LogP contribution in [0.15, 0.2) is 60.8 Å². The first kappa shape index (κ1) is 50.0. The van der Waals surface area contributed by atoms with Gasteiger partial charge in [0.1, 0.15) is 12.6 Å². The molecule has 2 unspecified atom stereocenters. The van der Waals surface area contributed by atoms with Crippen molar-refractivity contribution in [2.75, 3.05) is 41.0 Å². The number of quaternary nitrogens is 1. The van der Waals surface area contributed by atoms with Crippen molar-refractivity contribution in [2.45, 2.75) is 167 Å². The van der Waals surface area contributed by atoms with E-state index >= 15 is 0 Å². The van der Waals surface area contributed by atoms with Crippen molar-refractivity contribution in [3.63, 3.8) is 0 Å². The summed E-state index contributed by atoms with van der Waals surface area (Å²) < 4.78 is 17.1. The molecule has 0 heterocycles. The number of carbonyl (C=O) groups is 3. The monoisotopic (exact) mass is 744 g/mol. The van der Waals surface area contributed by atoms with E-state index in [0.717, 1.165) is 77.0 Å². The molecule has 53 heavy (non-hydrogen) atoms. The van der Waals surface area contributed by atoms with Crippen molar-refractivity contribution < 1.29 is 38.2 Å².